The topological polar surface area (TPSA) is 20.2 Å². The summed E-state index contributed by atoms with van der Waals surface area (Å²) in [7, 11) is 0. The van der Waals surface area contributed by atoms with Crippen molar-refractivity contribution in [3.63, 3.8) is 0 Å². The van der Waals surface area contributed by atoms with Gasteiger partial charge in [0.05, 0.1) is 0 Å². The Morgan fingerprint density at radius 2 is 1.08 bits per heavy atom. The first-order valence-corrected chi connectivity index (χ1v) is 10.5. The smallest absolute Gasteiger partial charge is 0.115 e. The van der Waals surface area contributed by atoms with Crippen molar-refractivity contribution in [2.45, 2.75) is 110 Å². The van der Waals surface area contributed by atoms with Gasteiger partial charge in [-0.2, -0.15) is 0 Å². The molecule has 0 unspecified atom stereocenters. The largest absolute Gasteiger partial charge is 0.508 e. The van der Waals surface area contributed by atoms with Crippen LogP contribution in [0.25, 0.3) is 0 Å². The highest BCUT2D eigenvalue weighted by Crippen LogP contribution is 2.40. The van der Waals surface area contributed by atoms with E-state index in [9.17, 15) is 5.11 Å². The molecule has 138 valence electrons. The first-order chi connectivity index (χ1) is 11.7. The Morgan fingerprint density at radius 3 is 1.62 bits per heavy atom. The number of phenols is 1. The van der Waals surface area contributed by atoms with Crippen LogP contribution in [0.4, 0.5) is 0 Å². The van der Waals surface area contributed by atoms with E-state index in [0.29, 0.717) is 11.2 Å². The molecule has 1 aromatic carbocycles. The van der Waals surface area contributed by atoms with Crippen LogP contribution in [0.3, 0.4) is 0 Å². The molecule has 0 saturated carbocycles. The fourth-order valence-corrected chi connectivity index (χ4v) is 3.90. The van der Waals surface area contributed by atoms with Gasteiger partial charge >= 0.3 is 0 Å². The molecular weight excluding hydrogens is 292 g/mol. The number of hydrogen-bond donors (Lipinski definition) is 1. The molecule has 0 aromatic heterocycles. The minimum Gasteiger partial charge on any atom is -0.508 e. The third kappa shape index (κ3) is 7.28. The molecule has 0 heterocycles. The lowest BCUT2D eigenvalue weighted by molar-refractivity contribution is 0.305. The lowest BCUT2D eigenvalue weighted by Gasteiger charge is -2.35. The second-order valence-electron chi connectivity index (χ2n) is 7.55. The number of rotatable bonds is 14. The van der Waals surface area contributed by atoms with Crippen molar-refractivity contribution in [1.82, 2.24) is 0 Å². The molecular formula is C23H40O. The summed E-state index contributed by atoms with van der Waals surface area (Å²) in [5, 5.41) is 9.67. The molecule has 1 heteroatoms. The summed E-state index contributed by atoms with van der Waals surface area (Å²) in [6.07, 6.45) is 17.3. The third-order valence-corrected chi connectivity index (χ3v) is 5.51. The van der Waals surface area contributed by atoms with Gasteiger partial charge in [-0.15, -0.1) is 0 Å². The minimum atomic E-state index is 0.324. The molecule has 0 bridgehead atoms. The van der Waals surface area contributed by atoms with Gasteiger partial charge in [0.2, 0.25) is 0 Å². The van der Waals surface area contributed by atoms with Gasteiger partial charge in [-0.05, 0) is 42.4 Å². The second kappa shape index (κ2) is 12.4. The highest BCUT2D eigenvalue weighted by molar-refractivity contribution is 5.31. The average molecular weight is 333 g/mol. The minimum absolute atomic E-state index is 0.324. The van der Waals surface area contributed by atoms with E-state index in [0.717, 1.165) is 0 Å². The van der Waals surface area contributed by atoms with Gasteiger partial charge in [0.1, 0.15) is 5.75 Å². The predicted molar refractivity (Wildman–Crippen MR) is 107 cm³/mol. The van der Waals surface area contributed by atoms with Gasteiger partial charge in [0.15, 0.2) is 0 Å². The van der Waals surface area contributed by atoms with E-state index in [4.69, 9.17) is 0 Å². The number of hydrogen-bond acceptors (Lipinski definition) is 1. The van der Waals surface area contributed by atoms with Crippen molar-refractivity contribution < 1.29 is 5.11 Å². The molecule has 0 saturated heterocycles. The van der Waals surface area contributed by atoms with Crippen LogP contribution in [0.5, 0.6) is 5.75 Å². The van der Waals surface area contributed by atoms with Gasteiger partial charge in [0, 0.05) is 0 Å². The van der Waals surface area contributed by atoms with Crippen molar-refractivity contribution in [2.24, 2.45) is 0 Å². The van der Waals surface area contributed by atoms with Gasteiger partial charge < -0.3 is 5.11 Å². The molecule has 0 aliphatic rings. The highest BCUT2D eigenvalue weighted by Gasteiger charge is 2.30. The second-order valence-corrected chi connectivity index (χ2v) is 7.55. The van der Waals surface area contributed by atoms with Crippen LogP contribution in [0.1, 0.15) is 110 Å². The highest BCUT2D eigenvalue weighted by atomic mass is 16.3. The van der Waals surface area contributed by atoms with Crippen LogP contribution in [0.2, 0.25) is 0 Å². The molecule has 1 N–H and O–H groups in total. The van der Waals surface area contributed by atoms with Gasteiger partial charge in [0.25, 0.3) is 0 Å². The summed E-state index contributed by atoms with van der Waals surface area (Å²) in [4.78, 5) is 0. The maximum atomic E-state index is 9.67. The van der Waals surface area contributed by atoms with Crippen LogP contribution in [0, 0.1) is 0 Å². The maximum Gasteiger partial charge on any atom is 0.115 e. The quantitative estimate of drug-likeness (QED) is 0.345. The standard InChI is InChI=1S/C23H40O/c1-4-7-10-11-12-13-20-23(18-8-5-2,19-9-6-3)21-14-16-22(24)17-15-21/h14-17,24H,4-13,18-20H2,1-3H3. The molecule has 0 aliphatic heterocycles. The average Bonchev–Trinajstić information content (AvgIpc) is 2.60. The SMILES string of the molecule is CCCCCCCCC(CCCC)(CCCC)c1ccc(O)cc1. The summed E-state index contributed by atoms with van der Waals surface area (Å²) in [5.41, 5.74) is 1.78. The van der Waals surface area contributed by atoms with Crippen molar-refractivity contribution >= 4 is 0 Å². The number of benzene rings is 1. The molecule has 0 amide bonds. The fourth-order valence-electron chi connectivity index (χ4n) is 3.90. The molecule has 0 spiro atoms. The van der Waals surface area contributed by atoms with Crippen molar-refractivity contribution in [1.29, 1.82) is 0 Å². The van der Waals surface area contributed by atoms with E-state index in [1.807, 2.05) is 12.1 Å². The summed E-state index contributed by atoms with van der Waals surface area (Å²) < 4.78 is 0. The molecule has 1 rings (SSSR count). The van der Waals surface area contributed by atoms with E-state index in [2.05, 4.69) is 32.9 Å². The Hall–Kier alpha value is -0.980. The molecule has 0 radical (unpaired) electrons. The first kappa shape index (κ1) is 21.1. The van der Waals surface area contributed by atoms with Crippen molar-refractivity contribution in [3.05, 3.63) is 29.8 Å². The Kier molecular flexibility index (Phi) is 10.9. The molecule has 0 aliphatic carbocycles. The predicted octanol–water partition coefficient (Wildman–Crippen LogP) is 7.76. The Morgan fingerprint density at radius 1 is 0.625 bits per heavy atom. The van der Waals surface area contributed by atoms with Gasteiger partial charge in [-0.25, -0.2) is 0 Å². The van der Waals surface area contributed by atoms with Crippen molar-refractivity contribution in [3.8, 4) is 5.75 Å². The monoisotopic (exact) mass is 332 g/mol. The van der Waals surface area contributed by atoms with Crippen molar-refractivity contribution in [2.75, 3.05) is 0 Å². The summed E-state index contributed by atoms with van der Waals surface area (Å²) >= 11 is 0. The molecule has 24 heavy (non-hydrogen) atoms. The van der Waals surface area contributed by atoms with Gasteiger partial charge in [-0.1, -0.05) is 97.1 Å². The summed E-state index contributed by atoms with van der Waals surface area (Å²) in [5.74, 6) is 0.387. The summed E-state index contributed by atoms with van der Waals surface area (Å²) in [6.45, 7) is 6.88. The molecule has 1 nitrogen and oxygen atoms in total. The van der Waals surface area contributed by atoms with E-state index in [-0.39, 0.29) is 0 Å². The zero-order valence-corrected chi connectivity index (χ0v) is 16.4. The van der Waals surface area contributed by atoms with Crippen LogP contribution >= 0.6 is 0 Å². The fraction of sp³-hybridized carbons (Fsp3) is 0.739. The number of phenolic OH excluding ortho intramolecular Hbond substituents is 1. The lowest BCUT2D eigenvalue weighted by Crippen LogP contribution is -2.26. The van der Waals surface area contributed by atoms with Crippen LogP contribution < -0.4 is 0 Å². The van der Waals surface area contributed by atoms with Crippen LogP contribution in [0.15, 0.2) is 24.3 Å². The number of unbranched alkanes of at least 4 members (excludes halogenated alkanes) is 7. The van der Waals surface area contributed by atoms with E-state index in [1.165, 1.54) is 89.0 Å². The Balaban J connectivity index is 2.79. The number of aromatic hydroxyl groups is 1. The van der Waals surface area contributed by atoms with E-state index >= 15 is 0 Å². The zero-order chi connectivity index (χ0) is 17.7. The Labute approximate surface area is 150 Å². The Bertz CT molecular complexity index is 399. The van der Waals surface area contributed by atoms with Crippen LogP contribution in [-0.4, -0.2) is 5.11 Å². The third-order valence-electron chi connectivity index (χ3n) is 5.51. The maximum absolute atomic E-state index is 9.67. The molecule has 1 aromatic rings. The first-order valence-electron chi connectivity index (χ1n) is 10.5. The molecule has 0 atom stereocenters. The van der Waals surface area contributed by atoms with E-state index in [1.54, 1.807) is 0 Å². The normalized spacial score (nSPS) is 11.8. The molecule has 0 fully saturated rings. The van der Waals surface area contributed by atoms with Crippen LogP contribution in [-0.2, 0) is 5.41 Å². The zero-order valence-electron chi connectivity index (χ0n) is 16.4. The van der Waals surface area contributed by atoms with Gasteiger partial charge in [-0.3, -0.25) is 0 Å². The van der Waals surface area contributed by atoms with E-state index < -0.39 is 0 Å². The summed E-state index contributed by atoms with van der Waals surface area (Å²) in [6, 6.07) is 8.11. The lowest BCUT2D eigenvalue weighted by atomic mass is 9.69.